The molecule has 2 aliphatic carbocycles. The van der Waals surface area contributed by atoms with Gasteiger partial charge in [-0.2, -0.15) is 0 Å². The van der Waals surface area contributed by atoms with Gasteiger partial charge in [0.2, 0.25) is 0 Å². The summed E-state index contributed by atoms with van der Waals surface area (Å²) in [4.78, 5) is 0. The van der Waals surface area contributed by atoms with E-state index in [1.165, 1.54) is 99.2 Å². The molecule has 3 heteroatoms. The minimum Gasteiger partial charge on any atom is -0.456 e. The number of hydrogen-bond acceptors (Lipinski definition) is 1. The number of furan rings is 1. The number of rotatable bonds is 3. The van der Waals surface area contributed by atoms with Gasteiger partial charge in [-0.3, -0.25) is 0 Å². The summed E-state index contributed by atoms with van der Waals surface area (Å²) in [7, 11) is 0. The maximum Gasteiger partial charge on any atom is 0.137 e. The highest BCUT2D eigenvalue weighted by Gasteiger charge is 2.36. The van der Waals surface area contributed by atoms with Crippen molar-refractivity contribution in [1.82, 2.24) is 9.13 Å². The maximum atomic E-state index is 6.46. The van der Waals surface area contributed by atoms with Gasteiger partial charge < -0.3 is 13.6 Å². The lowest BCUT2D eigenvalue weighted by Gasteiger charge is -2.22. The van der Waals surface area contributed by atoms with E-state index in [1.54, 1.807) is 0 Å². The predicted molar refractivity (Wildman–Crippen MR) is 230 cm³/mol. The van der Waals surface area contributed by atoms with Crippen LogP contribution in [-0.4, -0.2) is 9.13 Å². The van der Waals surface area contributed by atoms with Gasteiger partial charge in [-0.15, -0.1) is 0 Å². The molecule has 0 saturated carbocycles. The van der Waals surface area contributed by atoms with Gasteiger partial charge in [0.1, 0.15) is 11.3 Å². The quantitative estimate of drug-likeness (QED) is 0.179. The molecular formula is C52H38N2O. The summed E-state index contributed by atoms with van der Waals surface area (Å²) in [6.07, 6.45) is 6.43. The molecule has 0 spiro atoms. The predicted octanol–water partition coefficient (Wildman–Crippen LogP) is 13.9. The number of aromatic nitrogens is 2. The van der Waals surface area contributed by atoms with Crippen LogP contribution in [0.3, 0.4) is 0 Å². The molecule has 3 aromatic heterocycles. The Morgan fingerprint density at radius 3 is 2.13 bits per heavy atom. The Bertz CT molecular complexity index is 3290. The van der Waals surface area contributed by atoms with Crippen LogP contribution in [0.4, 0.5) is 0 Å². The Morgan fingerprint density at radius 1 is 0.527 bits per heavy atom. The van der Waals surface area contributed by atoms with Crippen LogP contribution in [0.2, 0.25) is 0 Å². The van der Waals surface area contributed by atoms with Crippen molar-refractivity contribution in [2.24, 2.45) is 0 Å². The van der Waals surface area contributed by atoms with Crippen molar-refractivity contribution < 1.29 is 4.42 Å². The zero-order valence-electron chi connectivity index (χ0n) is 31.2. The van der Waals surface area contributed by atoms with Crippen LogP contribution in [0.1, 0.15) is 48.3 Å². The van der Waals surface area contributed by atoms with Gasteiger partial charge in [0.15, 0.2) is 0 Å². The van der Waals surface area contributed by atoms with Gasteiger partial charge in [0.05, 0.1) is 22.1 Å². The molecule has 0 bridgehead atoms. The molecule has 2 aliphatic rings. The summed E-state index contributed by atoms with van der Waals surface area (Å²) >= 11 is 0. The van der Waals surface area contributed by atoms with E-state index in [0.717, 1.165) is 29.9 Å². The Kier molecular flexibility index (Phi) is 6.16. The molecule has 0 atom stereocenters. The molecule has 3 heterocycles. The van der Waals surface area contributed by atoms with Crippen LogP contribution in [-0.2, 0) is 11.8 Å². The van der Waals surface area contributed by atoms with Crippen LogP contribution in [0, 0.1) is 6.92 Å². The third-order valence-electron chi connectivity index (χ3n) is 12.6. The fourth-order valence-corrected chi connectivity index (χ4v) is 9.96. The van der Waals surface area contributed by atoms with Crippen molar-refractivity contribution in [2.45, 2.75) is 39.0 Å². The summed E-state index contributed by atoms with van der Waals surface area (Å²) in [5, 5.41) is 6.33. The van der Waals surface area contributed by atoms with Gasteiger partial charge in [-0.25, -0.2) is 0 Å². The first-order chi connectivity index (χ1) is 26.9. The van der Waals surface area contributed by atoms with Crippen molar-refractivity contribution in [3.8, 4) is 33.6 Å². The Morgan fingerprint density at radius 2 is 1.24 bits per heavy atom. The van der Waals surface area contributed by atoms with Gasteiger partial charge in [0, 0.05) is 55.4 Å². The van der Waals surface area contributed by atoms with Gasteiger partial charge >= 0.3 is 0 Å². The third kappa shape index (κ3) is 4.27. The minimum atomic E-state index is -0.136. The molecule has 0 fully saturated rings. The van der Waals surface area contributed by atoms with Crippen molar-refractivity contribution >= 4 is 60.7 Å². The Labute approximate surface area is 319 Å². The fourth-order valence-electron chi connectivity index (χ4n) is 9.96. The van der Waals surface area contributed by atoms with Crippen molar-refractivity contribution in [2.75, 3.05) is 0 Å². The lowest BCUT2D eigenvalue weighted by atomic mass is 9.82. The summed E-state index contributed by atoms with van der Waals surface area (Å²) in [5.74, 6) is 1.01. The van der Waals surface area contributed by atoms with Crippen molar-refractivity contribution in [3.05, 3.63) is 174 Å². The average molecular weight is 707 g/mol. The van der Waals surface area contributed by atoms with Crippen molar-refractivity contribution in [3.63, 3.8) is 0 Å². The molecule has 0 radical (unpaired) electrons. The molecule has 10 aromatic rings. The van der Waals surface area contributed by atoms with E-state index in [2.05, 4.69) is 182 Å². The molecule has 3 nitrogen and oxygen atoms in total. The highest BCUT2D eigenvalue weighted by Crippen LogP contribution is 2.52. The van der Waals surface area contributed by atoms with Crippen LogP contribution < -0.4 is 0 Å². The summed E-state index contributed by atoms with van der Waals surface area (Å²) < 4.78 is 11.3. The second-order valence-corrected chi connectivity index (χ2v) is 16.1. The smallest absolute Gasteiger partial charge is 0.137 e. The highest BCUT2D eigenvalue weighted by molar-refractivity contribution is 6.15. The van der Waals surface area contributed by atoms with Crippen LogP contribution in [0.15, 0.2) is 150 Å². The highest BCUT2D eigenvalue weighted by atomic mass is 16.3. The van der Waals surface area contributed by atoms with E-state index in [9.17, 15) is 0 Å². The van der Waals surface area contributed by atoms with Gasteiger partial charge in [-0.05, 0) is 125 Å². The van der Waals surface area contributed by atoms with Gasteiger partial charge in [0.25, 0.3) is 0 Å². The monoisotopic (exact) mass is 706 g/mol. The molecule has 0 aliphatic heterocycles. The van der Waals surface area contributed by atoms with E-state index >= 15 is 0 Å². The molecule has 12 rings (SSSR count). The molecule has 7 aromatic carbocycles. The number of nitrogens with zero attached hydrogens (tertiary/aromatic N) is 2. The van der Waals surface area contributed by atoms with E-state index in [1.807, 2.05) is 0 Å². The topological polar surface area (TPSA) is 23.0 Å². The Hall–Kier alpha value is -6.58. The zero-order valence-corrected chi connectivity index (χ0v) is 31.2. The molecular weight excluding hydrogens is 669 g/mol. The summed E-state index contributed by atoms with van der Waals surface area (Å²) in [6, 6.07) is 52.2. The summed E-state index contributed by atoms with van der Waals surface area (Å²) in [5.41, 5.74) is 18.5. The molecule has 55 heavy (non-hydrogen) atoms. The largest absolute Gasteiger partial charge is 0.456 e. The van der Waals surface area contributed by atoms with E-state index in [-0.39, 0.29) is 5.41 Å². The molecule has 0 saturated heterocycles. The van der Waals surface area contributed by atoms with Crippen LogP contribution in [0.25, 0.3) is 94.3 Å². The van der Waals surface area contributed by atoms with E-state index in [0.29, 0.717) is 0 Å². The molecule has 0 amide bonds. The second-order valence-electron chi connectivity index (χ2n) is 16.1. The van der Waals surface area contributed by atoms with Crippen molar-refractivity contribution in [1.29, 1.82) is 0 Å². The number of allylic oxidation sites excluding steroid dienone is 1. The van der Waals surface area contributed by atoms with E-state index in [4.69, 9.17) is 4.42 Å². The molecule has 262 valence electrons. The molecule has 0 unspecified atom stereocenters. The summed E-state index contributed by atoms with van der Waals surface area (Å²) in [6.45, 7) is 6.94. The lowest BCUT2D eigenvalue weighted by Crippen LogP contribution is -2.15. The standard InChI is InChI=1S/C52H38N2O/c1-31-12-11-15-35(24-31)54-47-26-33(20-22-37(47)42-28-43-38-17-8-10-19-50(38)55-51(43)30-49(42)54)32-21-23-44-39(25-32)40-27-41-36-16-7-9-18-46(36)53(34-13-5-4-6-14-34)48(41)29-45(40)52(44,2)3/h4-7,9-16,18-30H,8,17H2,1-3H3. The molecule has 0 N–H and O–H groups in total. The second kappa shape index (κ2) is 11.0. The normalized spacial score (nSPS) is 14.4. The fraction of sp³-hybridized carbons (Fsp3) is 0.115. The van der Waals surface area contributed by atoms with E-state index < -0.39 is 0 Å². The minimum absolute atomic E-state index is 0.136. The first kappa shape index (κ1) is 30.8. The number of para-hydroxylation sites is 2. The van der Waals surface area contributed by atoms with Crippen LogP contribution in [0.5, 0.6) is 0 Å². The lowest BCUT2D eigenvalue weighted by molar-refractivity contribution is 0.595. The zero-order chi connectivity index (χ0) is 36.6. The number of benzene rings is 7. The SMILES string of the molecule is Cc1cccc(-n2c3cc(-c4ccc5c(c4)-c4cc6c7ccccc7n(-c7ccccc7)c6cc4C5(C)C)ccc3c3cc4c5c(oc4cc32)C=CCC5)c1. The first-order valence-electron chi connectivity index (χ1n) is 19.5. The van der Waals surface area contributed by atoms with Gasteiger partial charge in [-0.1, -0.05) is 92.7 Å². The maximum absolute atomic E-state index is 6.46. The number of hydrogen-bond donors (Lipinski definition) is 0. The van der Waals surface area contributed by atoms with Crippen LogP contribution >= 0.6 is 0 Å². The number of aryl methyl sites for hydroxylation is 2. The third-order valence-corrected chi connectivity index (χ3v) is 12.6. The average Bonchev–Trinajstić information content (AvgIpc) is 3.91. The number of fused-ring (bicyclic) bond motifs is 12. The Balaban J connectivity index is 1.07. The first-order valence-corrected chi connectivity index (χ1v) is 19.5.